The van der Waals surface area contributed by atoms with Gasteiger partial charge in [0, 0.05) is 28.8 Å². The number of carbonyl (C=O) groups is 2. The van der Waals surface area contributed by atoms with Crippen LogP contribution in [0.15, 0.2) is 36.4 Å². The van der Waals surface area contributed by atoms with Gasteiger partial charge >= 0.3 is 5.97 Å². The zero-order chi connectivity index (χ0) is 21.4. The Bertz CT molecular complexity index is 870. The lowest BCUT2D eigenvalue weighted by atomic mass is 9.98. The molecule has 2 aromatic rings. The molecule has 0 saturated heterocycles. The summed E-state index contributed by atoms with van der Waals surface area (Å²) in [4.78, 5) is 21.7. The molecule has 0 unspecified atom stereocenters. The van der Waals surface area contributed by atoms with E-state index in [0.717, 1.165) is 5.56 Å². The van der Waals surface area contributed by atoms with Gasteiger partial charge < -0.3 is 24.3 Å². The molecule has 0 aliphatic carbocycles. The number of nitrogens with one attached hydrogen (secondary N) is 1. The van der Waals surface area contributed by atoms with Crippen molar-refractivity contribution in [1.82, 2.24) is 0 Å². The number of rotatable bonds is 4. The second-order valence-electron chi connectivity index (χ2n) is 5.95. The van der Waals surface area contributed by atoms with Gasteiger partial charge in [-0.15, -0.1) is 0 Å². The van der Waals surface area contributed by atoms with Crippen LogP contribution in [0.2, 0.25) is 5.02 Å². The highest BCUT2D eigenvalue weighted by Crippen LogP contribution is 2.44. The lowest BCUT2D eigenvalue weighted by molar-refractivity contribution is -0.140. The Balaban J connectivity index is 0.000000438. The Kier molecular flexibility index (Phi) is 8.30. The molecule has 0 bridgehead atoms. The normalized spacial score (nSPS) is 15.1. The van der Waals surface area contributed by atoms with E-state index in [0.29, 0.717) is 34.4 Å². The summed E-state index contributed by atoms with van der Waals surface area (Å²) in [6.07, 6.45) is -0.539. The SMILES string of the molecule is CCOC(C)=O.COc1cccc([C@H]2OCC(=O)Nc3cccc(Cl)c32)c1OC. The number of amides is 1. The zero-order valence-electron chi connectivity index (χ0n) is 16.8. The molecule has 0 fully saturated rings. The standard InChI is InChI=1S/C17H16ClNO4.C4H8O2/c1-21-13-8-3-5-10(16(13)22-2)17-15-11(18)6-4-7-12(15)19-14(20)9-23-17;1-3-6-4(2)5/h3-8,17H,9H2,1-2H3,(H,19,20);3H2,1-2H3/t17-;/m1./s1. The number of ether oxygens (including phenoxy) is 4. The lowest BCUT2D eigenvalue weighted by Crippen LogP contribution is -2.15. The Morgan fingerprint density at radius 2 is 1.93 bits per heavy atom. The first-order valence-electron chi connectivity index (χ1n) is 8.97. The van der Waals surface area contributed by atoms with E-state index in [-0.39, 0.29) is 18.5 Å². The minimum Gasteiger partial charge on any atom is -0.493 e. The van der Waals surface area contributed by atoms with Crippen LogP contribution in [-0.2, 0) is 19.1 Å². The number of methoxy groups -OCH3 is 2. The van der Waals surface area contributed by atoms with Crippen molar-refractivity contribution in [2.24, 2.45) is 0 Å². The maximum Gasteiger partial charge on any atom is 0.302 e. The third-order valence-corrected chi connectivity index (χ3v) is 4.36. The lowest BCUT2D eigenvalue weighted by Gasteiger charge is -2.22. The van der Waals surface area contributed by atoms with Crippen molar-refractivity contribution in [3.63, 3.8) is 0 Å². The number of carbonyl (C=O) groups excluding carboxylic acids is 2. The van der Waals surface area contributed by atoms with Gasteiger partial charge in [-0.3, -0.25) is 9.59 Å². The van der Waals surface area contributed by atoms with Crippen molar-refractivity contribution in [3.8, 4) is 11.5 Å². The molecule has 1 aliphatic rings. The molecule has 1 heterocycles. The van der Waals surface area contributed by atoms with Crippen molar-refractivity contribution in [2.75, 3.05) is 32.8 Å². The number of hydrogen-bond acceptors (Lipinski definition) is 6. The summed E-state index contributed by atoms with van der Waals surface area (Å²) in [6.45, 7) is 3.58. The number of anilines is 1. The van der Waals surface area contributed by atoms with Gasteiger partial charge in [0.05, 0.1) is 20.8 Å². The van der Waals surface area contributed by atoms with E-state index in [1.54, 1.807) is 45.4 Å². The molecule has 8 heteroatoms. The summed E-state index contributed by atoms with van der Waals surface area (Å²) < 4.78 is 21.1. The zero-order valence-corrected chi connectivity index (χ0v) is 17.5. The van der Waals surface area contributed by atoms with Gasteiger partial charge in [0.2, 0.25) is 5.91 Å². The van der Waals surface area contributed by atoms with Gasteiger partial charge in [0.15, 0.2) is 11.5 Å². The molecule has 0 spiro atoms. The Hall–Kier alpha value is -2.77. The predicted octanol–water partition coefficient (Wildman–Crippen LogP) is 3.98. The molecular weight excluding hydrogens is 398 g/mol. The van der Waals surface area contributed by atoms with Crippen molar-refractivity contribution >= 4 is 29.2 Å². The third kappa shape index (κ3) is 5.62. The van der Waals surface area contributed by atoms with Crippen LogP contribution in [0.5, 0.6) is 11.5 Å². The quantitative estimate of drug-likeness (QED) is 0.752. The molecule has 7 nitrogen and oxygen atoms in total. The van der Waals surface area contributed by atoms with Crippen LogP contribution in [0.4, 0.5) is 5.69 Å². The summed E-state index contributed by atoms with van der Waals surface area (Å²) in [5, 5.41) is 3.32. The highest BCUT2D eigenvalue weighted by molar-refractivity contribution is 6.32. The van der Waals surface area contributed by atoms with Gasteiger partial charge in [-0.1, -0.05) is 29.8 Å². The molecule has 1 atom stereocenters. The molecule has 156 valence electrons. The number of fused-ring (bicyclic) bond motifs is 1. The number of hydrogen-bond donors (Lipinski definition) is 1. The molecular formula is C21H24ClNO6. The Labute approximate surface area is 174 Å². The molecule has 1 aliphatic heterocycles. The molecule has 0 saturated carbocycles. The maximum absolute atomic E-state index is 11.9. The molecule has 1 amide bonds. The van der Waals surface area contributed by atoms with Gasteiger partial charge in [0.1, 0.15) is 12.7 Å². The monoisotopic (exact) mass is 421 g/mol. The molecule has 2 aromatic carbocycles. The van der Waals surface area contributed by atoms with Gasteiger partial charge in [-0.25, -0.2) is 0 Å². The maximum atomic E-state index is 11.9. The van der Waals surface area contributed by atoms with Crippen LogP contribution < -0.4 is 14.8 Å². The van der Waals surface area contributed by atoms with Crippen LogP contribution >= 0.6 is 11.6 Å². The van der Waals surface area contributed by atoms with Gasteiger partial charge in [-0.2, -0.15) is 0 Å². The van der Waals surface area contributed by atoms with E-state index < -0.39 is 6.10 Å². The van der Waals surface area contributed by atoms with E-state index in [1.165, 1.54) is 6.92 Å². The van der Waals surface area contributed by atoms with Gasteiger partial charge in [0.25, 0.3) is 0 Å². The molecule has 3 rings (SSSR count). The summed E-state index contributed by atoms with van der Waals surface area (Å²) in [5.41, 5.74) is 2.08. The van der Waals surface area contributed by atoms with Crippen LogP contribution in [0, 0.1) is 0 Å². The van der Waals surface area contributed by atoms with Crippen LogP contribution in [0.3, 0.4) is 0 Å². The van der Waals surface area contributed by atoms with Crippen molar-refractivity contribution in [1.29, 1.82) is 0 Å². The smallest absolute Gasteiger partial charge is 0.302 e. The van der Waals surface area contributed by atoms with Crippen molar-refractivity contribution < 1.29 is 28.5 Å². The fraction of sp³-hybridized carbons (Fsp3) is 0.333. The van der Waals surface area contributed by atoms with E-state index in [1.807, 2.05) is 12.1 Å². The Morgan fingerprint density at radius 3 is 2.52 bits per heavy atom. The van der Waals surface area contributed by atoms with Crippen LogP contribution in [0.1, 0.15) is 31.1 Å². The summed E-state index contributed by atoms with van der Waals surface area (Å²) in [7, 11) is 3.14. The second-order valence-corrected chi connectivity index (χ2v) is 6.35. The minimum atomic E-state index is -0.539. The first kappa shape index (κ1) is 22.5. The summed E-state index contributed by atoms with van der Waals surface area (Å²) in [5.74, 6) is 0.710. The van der Waals surface area contributed by atoms with Crippen LogP contribution in [0.25, 0.3) is 0 Å². The average Bonchev–Trinajstić information content (AvgIpc) is 2.86. The van der Waals surface area contributed by atoms with Crippen LogP contribution in [-0.4, -0.2) is 39.3 Å². The fourth-order valence-electron chi connectivity index (χ4n) is 2.91. The number of benzene rings is 2. The van der Waals surface area contributed by atoms with Crippen molar-refractivity contribution in [2.45, 2.75) is 20.0 Å². The molecule has 1 N–H and O–H groups in total. The number of esters is 1. The molecule has 0 radical (unpaired) electrons. The fourth-order valence-corrected chi connectivity index (χ4v) is 3.18. The number of halogens is 1. The highest BCUT2D eigenvalue weighted by Gasteiger charge is 2.29. The minimum absolute atomic E-state index is 0.0734. The summed E-state index contributed by atoms with van der Waals surface area (Å²) >= 11 is 6.37. The topological polar surface area (TPSA) is 83.1 Å². The summed E-state index contributed by atoms with van der Waals surface area (Å²) in [6, 6.07) is 10.9. The van der Waals surface area contributed by atoms with Crippen molar-refractivity contribution in [3.05, 3.63) is 52.5 Å². The largest absolute Gasteiger partial charge is 0.493 e. The first-order chi connectivity index (χ1) is 13.9. The van der Waals surface area contributed by atoms with Gasteiger partial charge in [-0.05, 0) is 25.1 Å². The van der Waals surface area contributed by atoms with E-state index in [9.17, 15) is 9.59 Å². The van der Waals surface area contributed by atoms with E-state index in [2.05, 4.69) is 10.1 Å². The average molecular weight is 422 g/mol. The highest BCUT2D eigenvalue weighted by atomic mass is 35.5. The number of para-hydroxylation sites is 1. The van der Waals surface area contributed by atoms with E-state index in [4.69, 9.17) is 25.8 Å². The molecule has 0 aromatic heterocycles. The predicted molar refractivity (Wildman–Crippen MR) is 110 cm³/mol. The third-order valence-electron chi connectivity index (χ3n) is 4.03. The first-order valence-corrected chi connectivity index (χ1v) is 9.34. The van der Waals surface area contributed by atoms with E-state index >= 15 is 0 Å². The Morgan fingerprint density at radius 1 is 1.21 bits per heavy atom. The second kappa shape index (κ2) is 10.7. The molecule has 29 heavy (non-hydrogen) atoms.